The molecule has 0 unspecified atom stereocenters. The van der Waals surface area contributed by atoms with Gasteiger partial charge in [-0.25, -0.2) is 8.42 Å². The van der Waals surface area contributed by atoms with E-state index in [1.54, 1.807) is 20.4 Å². The van der Waals surface area contributed by atoms with E-state index in [-0.39, 0.29) is 11.1 Å². The molecule has 0 bridgehead atoms. The number of hydrogen-bond donors (Lipinski definition) is 2. The topological polar surface area (TPSA) is 87.3 Å². The molecule has 0 saturated carbocycles. The molecule has 122 valence electrons. The van der Waals surface area contributed by atoms with Gasteiger partial charge in [0, 0.05) is 31.8 Å². The van der Waals surface area contributed by atoms with Gasteiger partial charge in [-0.3, -0.25) is 5.10 Å². The number of aromatic amines is 1. The van der Waals surface area contributed by atoms with Crippen molar-refractivity contribution in [2.45, 2.75) is 44.3 Å². The van der Waals surface area contributed by atoms with E-state index >= 15 is 0 Å². The van der Waals surface area contributed by atoms with Crippen molar-refractivity contribution in [2.75, 3.05) is 27.3 Å². The Morgan fingerprint density at radius 3 is 2.62 bits per heavy atom. The minimum atomic E-state index is -3.61. The predicted molar refractivity (Wildman–Crippen MR) is 81.5 cm³/mol. The Labute approximate surface area is 127 Å². The largest absolute Gasteiger partial charge is 0.383 e. The minimum Gasteiger partial charge on any atom is -0.383 e. The average molecular weight is 318 g/mol. The van der Waals surface area contributed by atoms with Gasteiger partial charge in [-0.05, 0) is 19.9 Å². The van der Waals surface area contributed by atoms with E-state index < -0.39 is 10.0 Å². The highest BCUT2D eigenvalue weighted by Gasteiger charge is 2.32. The fraction of sp³-hybridized carbons (Fsp3) is 0.769. The Kier molecular flexibility index (Phi) is 7.30. The molecule has 0 aliphatic rings. The fourth-order valence-corrected chi connectivity index (χ4v) is 4.20. The maximum absolute atomic E-state index is 12.9. The van der Waals surface area contributed by atoms with Crippen molar-refractivity contribution < 1.29 is 13.2 Å². The standard InChI is InChI=1S/C13H26N4O3S/c1-5-12(6-2)17(7-8-20-4)21(18,19)13-11(9-14-3)10-15-16-13/h10,12,14H,5-9H2,1-4H3,(H,15,16). The number of aromatic nitrogens is 2. The molecule has 21 heavy (non-hydrogen) atoms. The first-order valence-corrected chi connectivity index (χ1v) is 8.64. The molecule has 1 rings (SSSR count). The summed E-state index contributed by atoms with van der Waals surface area (Å²) in [5.74, 6) is 0. The molecule has 8 heteroatoms. The minimum absolute atomic E-state index is 0.0455. The number of hydrogen-bond acceptors (Lipinski definition) is 5. The third kappa shape index (κ3) is 4.26. The molecule has 0 amide bonds. The Bertz CT molecular complexity index is 511. The number of methoxy groups -OCH3 is 1. The van der Waals surface area contributed by atoms with Gasteiger partial charge in [0.2, 0.25) is 0 Å². The first-order valence-electron chi connectivity index (χ1n) is 7.20. The molecule has 0 atom stereocenters. The molecule has 2 N–H and O–H groups in total. The van der Waals surface area contributed by atoms with Gasteiger partial charge in [0.05, 0.1) is 12.8 Å². The van der Waals surface area contributed by atoms with Gasteiger partial charge in [0.25, 0.3) is 10.0 Å². The highest BCUT2D eigenvalue weighted by Crippen LogP contribution is 2.22. The van der Waals surface area contributed by atoms with Crippen LogP contribution in [0, 0.1) is 0 Å². The van der Waals surface area contributed by atoms with Crippen molar-refractivity contribution in [3.63, 3.8) is 0 Å². The normalized spacial score (nSPS) is 12.5. The number of rotatable bonds is 10. The summed E-state index contributed by atoms with van der Waals surface area (Å²) in [7, 11) is -0.270. The van der Waals surface area contributed by atoms with Crippen molar-refractivity contribution in [2.24, 2.45) is 0 Å². The van der Waals surface area contributed by atoms with Crippen molar-refractivity contribution >= 4 is 10.0 Å². The van der Waals surface area contributed by atoms with Crippen molar-refractivity contribution in [3.05, 3.63) is 11.8 Å². The fourth-order valence-electron chi connectivity index (χ4n) is 2.33. The zero-order chi connectivity index (χ0) is 15.9. The van der Waals surface area contributed by atoms with Gasteiger partial charge in [-0.1, -0.05) is 13.8 Å². The van der Waals surface area contributed by atoms with E-state index in [0.717, 1.165) is 12.8 Å². The van der Waals surface area contributed by atoms with Crippen LogP contribution in [-0.4, -0.2) is 56.3 Å². The Morgan fingerprint density at radius 2 is 2.10 bits per heavy atom. The van der Waals surface area contributed by atoms with E-state index in [1.165, 1.54) is 4.31 Å². The third-order valence-corrected chi connectivity index (χ3v) is 5.45. The monoisotopic (exact) mass is 318 g/mol. The van der Waals surface area contributed by atoms with E-state index in [9.17, 15) is 8.42 Å². The molecule has 0 fully saturated rings. The summed E-state index contributed by atoms with van der Waals surface area (Å²) in [6, 6.07) is -0.0455. The van der Waals surface area contributed by atoms with Crippen LogP contribution in [0.4, 0.5) is 0 Å². The quantitative estimate of drug-likeness (QED) is 0.671. The summed E-state index contributed by atoms with van der Waals surface area (Å²) >= 11 is 0. The number of sulfonamides is 1. The second kappa shape index (κ2) is 8.47. The molecule has 0 radical (unpaired) electrons. The van der Waals surface area contributed by atoms with Crippen LogP contribution >= 0.6 is 0 Å². The molecule has 1 aromatic heterocycles. The van der Waals surface area contributed by atoms with Crippen LogP contribution in [0.3, 0.4) is 0 Å². The van der Waals surface area contributed by atoms with Crippen molar-refractivity contribution in [1.82, 2.24) is 19.8 Å². The molecule has 0 aromatic carbocycles. The third-order valence-electron chi connectivity index (χ3n) is 3.48. The van der Waals surface area contributed by atoms with Crippen LogP contribution < -0.4 is 5.32 Å². The highest BCUT2D eigenvalue weighted by atomic mass is 32.2. The Balaban J connectivity index is 3.16. The summed E-state index contributed by atoms with van der Waals surface area (Å²) < 4.78 is 32.4. The molecule has 0 saturated heterocycles. The predicted octanol–water partition coefficient (Wildman–Crippen LogP) is 0.955. The first kappa shape index (κ1) is 18.1. The van der Waals surface area contributed by atoms with Crippen LogP contribution in [-0.2, 0) is 21.3 Å². The summed E-state index contributed by atoms with van der Waals surface area (Å²) in [4.78, 5) is 0. The van der Waals surface area contributed by atoms with Gasteiger partial charge in [0.15, 0.2) is 5.03 Å². The lowest BCUT2D eigenvalue weighted by molar-refractivity contribution is 0.163. The lowest BCUT2D eigenvalue weighted by Crippen LogP contribution is -2.42. The summed E-state index contributed by atoms with van der Waals surface area (Å²) in [6.45, 7) is 5.14. The van der Waals surface area contributed by atoms with E-state index in [1.807, 2.05) is 13.8 Å². The van der Waals surface area contributed by atoms with Crippen LogP contribution in [0.25, 0.3) is 0 Å². The molecule has 0 aliphatic carbocycles. The first-order chi connectivity index (χ1) is 10.0. The molecule has 0 aliphatic heterocycles. The average Bonchev–Trinajstić information content (AvgIpc) is 2.92. The van der Waals surface area contributed by atoms with Crippen LogP contribution in [0.2, 0.25) is 0 Å². The summed E-state index contributed by atoms with van der Waals surface area (Å²) in [5, 5.41) is 9.63. The zero-order valence-electron chi connectivity index (χ0n) is 13.2. The summed E-state index contributed by atoms with van der Waals surface area (Å²) in [6.07, 6.45) is 3.06. The molecule has 7 nitrogen and oxygen atoms in total. The molecular weight excluding hydrogens is 292 g/mol. The number of nitrogens with zero attached hydrogens (tertiary/aromatic N) is 2. The van der Waals surface area contributed by atoms with Gasteiger partial charge in [-0.15, -0.1) is 0 Å². The van der Waals surface area contributed by atoms with Crippen molar-refractivity contribution in [3.8, 4) is 0 Å². The van der Waals surface area contributed by atoms with Gasteiger partial charge < -0.3 is 10.1 Å². The van der Waals surface area contributed by atoms with Gasteiger partial charge >= 0.3 is 0 Å². The van der Waals surface area contributed by atoms with Gasteiger partial charge in [-0.2, -0.15) is 9.40 Å². The molecule has 0 spiro atoms. The summed E-state index contributed by atoms with van der Waals surface area (Å²) in [5.41, 5.74) is 0.644. The van der Waals surface area contributed by atoms with Crippen LogP contribution in [0.1, 0.15) is 32.3 Å². The second-order valence-electron chi connectivity index (χ2n) is 4.83. The lowest BCUT2D eigenvalue weighted by Gasteiger charge is -2.29. The molecular formula is C13H26N4O3S. The van der Waals surface area contributed by atoms with Crippen LogP contribution in [0.5, 0.6) is 0 Å². The molecule has 1 heterocycles. The number of ether oxygens (including phenoxy) is 1. The van der Waals surface area contributed by atoms with Crippen LogP contribution in [0.15, 0.2) is 11.2 Å². The zero-order valence-corrected chi connectivity index (χ0v) is 14.0. The van der Waals surface area contributed by atoms with Gasteiger partial charge in [0.1, 0.15) is 0 Å². The highest BCUT2D eigenvalue weighted by molar-refractivity contribution is 7.89. The Hall–Kier alpha value is -0.960. The van der Waals surface area contributed by atoms with E-state index in [0.29, 0.717) is 25.3 Å². The lowest BCUT2D eigenvalue weighted by atomic mass is 10.2. The Morgan fingerprint density at radius 1 is 1.43 bits per heavy atom. The second-order valence-corrected chi connectivity index (χ2v) is 6.66. The smallest absolute Gasteiger partial charge is 0.260 e. The molecule has 1 aromatic rings. The van der Waals surface area contributed by atoms with E-state index in [4.69, 9.17) is 4.74 Å². The number of H-pyrrole nitrogens is 1. The maximum atomic E-state index is 12.9. The van der Waals surface area contributed by atoms with E-state index in [2.05, 4.69) is 15.5 Å². The SMILES string of the molecule is CCC(CC)N(CCOC)S(=O)(=O)c1[nH]ncc1CNC. The van der Waals surface area contributed by atoms with Crippen molar-refractivity contribution in [1.29, 1.82) is 0 Å². The maximum Gasteiger partial charge on any atom is 0.260 e. The number of nitrogens with one attached hydrogen (secondary N) is 2.